The highest BCUT2D eigenvalue weighted by Gasteiger charge is 2.16. The zero-order valence-electron chi connectivity index (χ0n) is 12.4. The Hall–Kier alpha value is -2.34. The van der Waals surface area contributed by atoms with Crippen LogP contribution >= 0.6 is 11.3 Å². The molecule has 120 valence electrons. The van der Waals surface area contributed by atoms with E-state index in [9.17, 15) is 9.59 Å². The first-order chi connectivity index (χ1) is 11.2. The fourth-order valence-corrected chi connectivity index (χ4v) is 2.90. The molecule has 0 fully saturated rings. The molecule has 2 aromatic rings. The van der Waals surface area contributed by atoms with E-state index in [0.717, 1.165) is 5.56 Å². The van der Waals surface area contributed by atoms with Gasteiger partial charge in [0.2, 0.25) is 0 Å². The van der Waals surface area contributed by atoms with Crippen LogP contribution in [0.15, 0.2) is 35.0 Å². The number of ketones is 1. The van der Waals surface area contributed by atoms with Crippen LogP contribution in [-0.4, -0.2) is 31.6 Å². The van der Waals surface area contributed by atoms with Crippen LogP contribution in [-0.2, 0) is 16.0 Å². The van der Waals surface area contributed by atoms with Crippen LogP contribution < -0.4 is 9.47 Å². The molecule has 0 bridgehead atoms. The molecule has 0 N–H and O–H groups in total. The topological polar surface area (TPSA) is 61.8 Å². The molecule has 6 heteroatoms. The number of rotatable bonds is 6. The summed E-state index contributed by atoms with van der Waals surface area (Å²) in [7, 11) is 0. The van der Waals surface area contributed by atoms with Gasteiger partial charge in [0.1, 0.15) is 13.2 Å². The van der Waals surface area contributed by atoms with Crippen molar-refractivity contribution in [1.82, 2.24) is 0 Å². The second kappa shape index (κ2) is 7.28. The number of esters is 1. The molecule has 0 radical (unpaired) electrons. The highest BCUT2D eigenvalue weighted by atomic mass is 32.1. The Balaban J connectivity index is 1.50. The van der Waals surface area contributed by atoms with Crippen LogP contribution in [0.4, 0.5) is 0 Å². The number of ether oxygens (including phenoxy) is 3. The number of carbonyl (C=O) groups excluding carboxylic acids is 2. The maximum atomic E-state index is 12.1. The molecule has 0 unspecified atom stereocenters. The molecule has 0 amide bonds. The second-order valence-electron chi connectivity index (χ2n) is 5.07. The Morgan fingerprint density at radius 3 is 2.74 bits per heavy atom. The van der Waals surface area contributed by atoms with Crippen LogP contribution in [0, 0.1) is 0 Å². The summed E-state index contributed by atoms with van der Waals surface area (Å²) in [6.45, 7) is 0.701. The van der Waals surface area contributed by atoms with Crippen molar-refractivity contribution in [2.75, 3.05) is 19.8 Å². The molecule has 0 atom stereocenters. The van der Waals surface area contributed by atoms with Crippen molar-refractivity contribution in [2.45, 2.75) is 12.8 Å². The molecule has 3 rings (SSSR count). The van der Waals surface area contributed by atoms with Crippen LogP contribution in [0.5, 0.6) is 11.5 Å². The van der Waals surface area contributed by atoms with Crippen LogP contribution in [0.2, 0.25) is 0 Å². The Bertz CT molecular complexity index is 693. The van der Waals surface area contributed by atoms with Gasteiger partial charge in [0, 0.05) is 12.0 Å². The predicted octanol–water partition coefficient (Wildman–Crippen LogP) is 2.88. The van der Waals surface area contributed by atoms with Crippen LogP contribution in [0.3, 0.4) is 0 Å². The van der Waals surface area contributed by atoms with E-state index in [-0.39, 0.29) is 24.8 Å². The molecule has 1 aliphatic rings. The van der Waals surface area contributed by atoms with Crippen molar-refractivity contribution in [3.05, 3.63) is 46.2 Å². The molecule has 0 saturated carbocycles. The number of hydrogen-bond acceptors (Lipinski definition) is 6. The van der Waals surface area contributed by atoms with Gasteiger partial charge in [-0.05, 0) is 47.0 Å². The Labute approximate surface area is 137 Å². The minimum absolute atomic E-state index is 0.258. The SMILES string of the molecule is O=C(CCc1ccsc1)OCC(=O)c1ccc2c(c1)OCCO2. The minimum Gasteiger partial charge on any atom is -0.486 e. The molecule has 0 spiro atoms. The third-order valence-corrected chi connectivity index (χ3v) is 4.16. The number of carbonyl (C=O) groups is 2. The Kier molecular flexibility index (Phi) is 4.92. The first kappa shape index (κ1) is 15.6. The molecule has 2 heterocycles. The van der Waals surface area contributed by atoms with Gasteiger partial charge in [-0.2, -0.15) is 11.3 Å². The van der Waals surface area contributed by atoms with E-state index < -0.39 is 0 Å². The van der Waals surface area contributed by atoms with Crippen molar-refractivity contribution in [3.8, 4) is 11.5 Å². The van der Waals surface area contributed by atoms with Gasteiger partial charge in [0.25, 0.3) is 0 Å². The van der Waals surface area contributed by atoms with Crippen molar-refractivity contribution >= 4 is 23.1 Å². The van der Waals surface area contributed by atoms with Gasteiger partial charge in [0.05, 0.1) is 0 Å². The van der Waals surface area contributed by atoms with Crippen molar-refractivity contribution < 1.29 is 23.8 Å². The van der Waals surface area contributed by atoms with Gasteiger partial charge in [-0.15, -0.1) is 0 Å². The summed E-state index contributed by atoms with van der Waals surface area (Å²) in [5.41, 5.74) is 1.55. The molecule has 0 saturated heterocycles. The first-order valence-electron chi connectivity index (χ1n) is 7.32. The van der Waals surface area contributed by atoms with E-state index in [1.165, 1.54) is 0 Å². The largest absolute Gasteiger partial charge is 0.486 e. The lowest BCUT2D eigenvalue weighted by atomic mass is 10.1. The van der Waals surface area contributed by atoms with Crippen molar-refractivity contribution in [3.63, 3.8) is 0 Å². The molecule has 1 aromatic heterocycles. The lowest BCUT2D eigenvalue weighted by molar-refractivity contribution is -0.142. The van der Waals surface area contributed by atoms with Gasteiger partial charge in [0.15, 0.2) is 23.9 Å². The number of aryl methyl sites for hydroxylation is 1. The summed E-state index contributed by atoms with van der Waals surface area (Å²) in [5, 5.41) is 3.96. The lowest BCUT2D eigenvalue weighted by Crippen LogP contribution is -2.17. The van der Waals surface area contributed by atoms with E-state index in [1.807, 2.05) is 16.8 Å². The number of fused-ring (bicyclic) bond motifs is 1. The summed E-state index contributed by atoms with van der Waals surface area (Å²) in [5.74, 6) is 0.541. The van der Waals surface area contributed by atoms with Gasteiger partial charge >= 0.3 is 5.97 Å². The smallest absolute Gasteiger partial charge is 0.306 e. The predicted molar refractivity (Wildman–Crippen MR) is 85.4 cm³/mol. The van der Waals surface area contributed by atoms with Gasteiger partial charge < -0.3 is 14.2 Å². The zero-order valence-corrected chi connectivity index (χ0v) is 13.3. The first-order valence-corrected chi connectivity index (χ1v) is 8.26. The molecular formula is C17H16O5S. The summed E-state index contributed by atoms with van der Waals surface area (Å²) in [4.78, 5) is 23.8. The fourth-order valence-electron chi connectivity index (χ4n) is 2.20. The average molecular weight is 332 g/mol. The van der Waals surface area contributed by atoms with E-state index in [2.05, 4.69) is 0 Å². The molecular weight excluding hydrogens is 316 g/mol. The highest BCUT2D eigenvalue weighted by molar-refractivity contribution is 7.07. The van der Waals surface area contributed by atoms with Gasteiger partial charge in [-0.3, -0.25) is 9.59 Å². The van der Waals surface area contributed by atoms with E-state index in [4.69, 9.17) is 14.2 Å². The van der Waals surface area contributed by atoms with Crippen molar-refractivity contribution in [2.24, 2.45) is 0 Å². The van der Waals surface area contributed by atoms with E-state index >= 15 is 0 Å². The standard InChI is InChI=1S/C17H16O5S/c18-14(10-22-17(19)4-1-12-5-8-23-11-12)13-2-3-15-16(9-13)21-7-6-20-15/h2-3,5,8-9,11H,1,4,6-7,10H2. The number of Topliss-reactive ketones (excluding diaryl/α,β-unsaturated/α-hetero) is 1. The fraction of sp³-hybridized carbons (Fsp3) is 0.294. The summed E-state index contributed by atoms with van der Waals surface area (Å²) < 4.78 is 15.9. The van der Waals surface area contributed by atoms with E-state index in [1.54, 1.807) is 29.5 Å². The number of hydrogen-bond donors (Lipinski definition) is 0. The van der Waals surface area contributed by atoms with Crippen LogP contribution in [0.1, 0.15) is 22.3 Å². The van der Waals surface area contributed by atoms with Crippen LogP contribution in [0.25, 0.3) is 0 Å². The molecule has 1 aromatic carbocycles. The summed E-state index contributed by atoms with van der Waals surface area (Å²) in [6.07, 6.45) is 0.895. The molecule has 0 aliphatic carbocycles. The number of thiophene rings is 1. The monoisotopic (exact) mass is 332 g/mol. The Morgan fingerprint density at radius 1 is 1.13 bits per heavy atom. The number of benzene rings is 1. The van der Waals surface area contributed by atoms with Gasteiger partial charge in [-0.25, -0.2) is 0 Å². The third kappa shape index (κ3) is 4.10. The zero-order chi connectivity index (χ0) is 16.1. The second-order valence-corrected chi connectivity index (χ2v) is 5.85. The highest BCUT2D eigenvalue weighted by Crippen LogP contribution is 2.30. The van der Waals surface area contributed by atoms with E-state index in [0.29, 0.717) is 36.7 Å². The summed E-state index contributed by atoms with van der Waals surface area (Å²) in [6, 6.07) is 6.93. The molecule has 5 nitrogen and oxygen atoms in total. The van der Waals surface area contributed by atoms with Crippen molar-refractivity contribution in [1.29, 1.82) is 0 Å². The molecule has 1 aliphatic heterocycles. The molecule has 23 heavy (non-hydrogen) atoms. The lowest BCUT2D eigenvalue weighted by Gasteiger charge is -2.18. The maximum absolute atomic E-state index is 12.1. The van der Waals surface area contributed by atoms with Gasteiger partial charge in [-0.1, -0.05) is 0 Å². The minimum atomic E-state index is -0.373. The summed E-state index contributed by atoms with van der Waals surface area (Å²) >= 11 is 1.59. The normalized spacial score (nSPS) is 12.7. The average Bonchev–Trinajstić information content (AvgIpc) is 3.11. The Morgan fingerprint density at radius 2 is 1.96 bits per heavy atom. The third-order valence-electron chi connectivity index (χ3n) is 3.43. The maximum Gasteiger partial charge on any atom is 0.306 e. The quantitative estimate of drug-likeness (QED) is 0.601.